The summed E-state index contributed by atoms with van der Waals surface area (Å²) in [6, 6.07) is 19.9. The van der Waals surface area contributed by atoms with E-state index in [4.69, 9.17) is 14.6 Å². The van der Waals surface area contributed by atoms with Gasteiger partial charge in [0.05, 0.1) is 0 Å². The molecule has 2 heterocycles. The van der Waals surface area contributed by atoms with Gasteiger partial charge in [-0.15, -0.1) is 0 Å². The summed E-state index contributed by atoms with van der Waals surface area (Å²) in [5, 5.41) is 2.07. The molecule has 130 valence electrons. The second-order valence-electron chi connectivity index (χ2n) is 6.18. The fraction of sp³-hybridized carbons (Fsp3) is 0.0909. The summed E-state index contributed by atoms with van der Waals surface area (Å²) in [6.45, 7) is 3.83. The van der Waals surface area contributed by atoms with Crippen molar-refractivity contribution in [2.24, 2.45) is 5.73 Å². The molecule has 0 amide bonds. The Bertz CT molecular complexity index is 987. The van der Waals surface area contributed by atoms with Crippen LogP contribution in [0.25, 0.3) is 21.9 Å². The van der Waals surface area contributed by atoms with Gasteiger partial charge in [-0.3, -0.25) is 4.90 Å². The zero-order chi connectivity index (χ0) is 18.1. The number of hydrogen-bond donors (Lipinski definition) is 1. The van der Waals surface area contributed by atoms with Crippen LogP contribution >= 0.6 is 0 Å². The Kier molecular flexibility index (Phi) is 4.01. The molecule has 0 aliphatic rings. The molecule has 0 fully saturated rings. The second kappa shape index (κ2) is 6.48. The highest BCUT2D eigenvalue weighted by Gasteiger charge is 2.21. The first-order valence-electron chi connectivity index (χ1n) is 8.53. The summed E-state index contributed by atoms with van der Waals surface area (Å²) in [4.78, 5) is 1.94. The van der Waals surface area contributed by atoms with Crippen molar-refractivity contribution in [3.63, 3.8) is 0 Å². The van der Waals surface area contributed by atoms with Crippen molar-refractivity contribution >= 4 is 33.7 Å². The molecule has 0 atom stereocenters. The van der Waals surface area contributed by atoms with Crippen LogP contribution in [0.4, 0.5) is 11.8 Å². The third-order valence-electron chi connectivity index (χ3n) is 4.20. The maximum Gasteiger partial charge on any atom is 0.208 e. The lowest BCUT2D eigenvalue weighted by Gasteiger charge is -2.20. The predicted molar refractivity (Wildman–Crippen MR) is 106 cm³/mol. The largest absolute Gasteiger partial charge is 0.440 e. The minimum absolute atomic E-state index is 0.677. The molecule has 0 radical (unpaired) electrons. The maximum atomic E-state index is 6.10. The van der Waals surface area contributed by atoms with E-state index in [1.54, 1.807) is 0 Å². The Hall–Kier alpha value is -3.40. The molecule has 0 bridgehead atoms. The lowest BCUT2D eigenvalue weighted by Crippen LogP contribution is -2.14. The Morgan fingerprint density at radius 2 is 1.38 bits per heavy atom. The van der Waals surface area contributed by atoms with E-state index in [0.717, 1.165) is 27.6 Å². The van der Waals surface area contributed by atoms with Gasteiger partial charge in [-0.1, -0.05) is 42.5 Å². The number of anilines is 2. The smallest absolute Gasteiger partial charge is 0.208 e. The number of para-hydroxylation sites is 2. The van der Waals surface area contributed by atoms with Gasteiger partial charge in [0.1, 0.15) is 11.2 Å². The number of rotatable bonds is 4. The monoisotopic (exact) mass is 344 g/mol. The van der Waals surface area contributed by atoms with Crippen LogP contribution in [0, 0.1) is 0 Å². The van der Waals surface area contributed by atoms with Gasteiger partial charge < -0.3 is 14.6 Å². The normalized spacial score (nSPS) is 12.8. The molecule has 2 aromatic heterocycles. The Morgan fingerprint density at radius 1 is 0.885 bits per heavy atom. The molecule has 4 rings (SSSR count). The third-order valence-corrected chi connectivity index (χ3v) is 4.20. The quantitative estimate of drug-likeness (QED) is 0.456. The second-order valence-corrected chi connectivity index (χ2v) is 6.18. The van der Waals surface area contributed by atoms with E-state index in [-0.39, 0.29) is 0 Å². The van der Waals surface area contributed by atoms with E-state index < -0.39 is 0 Å². The minimum Gasteiger partial charge on any atom is -0.440 e. The first-order valence-corrected chi connectivity index (χ1v) is 8.53. The molecular weight excluding hydrogens is 324 g/mol. The average molecular weight is 344 g/mol. The topological polar surface area (TPSA) is 55.5 Å². The van der Waals surface area contributed by atoms with E-state index in [2.05, 4.69) is 0 Å². The predicted octanol–water partition coefficient (Wildman–Crippen LogP) is 6.08. The minimum atomic E-state index is 0.677. The molecule has 2 aromatic carbocycles. The molecule has 0 unspecified atom stereocenters. The number of hydrogen-bond acceptors (Lipinski definition) is 4. The van der Waals surface area contributed by atoms with Crippen molar-refractivity contribution in [2.45, 2.75) is 13.8 Å². The van der Waals surface area contributed by atoms with E-state index in [0.29, 0.717) is 17.5 Å². The maximum absolute atomic E-state index is 6.10. The van der Waals surface area contributed by atoms with Gasteiger partial charge in [-0.2, -0.15) is 0 Å². The average Bonchev–Trinajstić information content (AvgIpc) is 3.24. The highest BCUT2D eigenvalue weighted by molar-refractivity contribution is 5.86. The fourth-order valence-electron chi connectivity index (χ4n) is 3.03. The molecule has 0 saturated carbocycles. The van der Waals surface area contributed by atoms with Crippen molar-refractivity contribution in [2.75, 3.05) is 4.90 Å². The van der Waals surface area contributed by atoms with Crippen LogP contribution in [-0.4, -0.2) is 0 Å². The van der Waals surface area contributed by atoms with E-state index in [1.807, 2.05) is 91.6 Å². The zero-order valence-electron chi connectivity index (χ0n) is 14.8. The molecule has 0 aliphatic carbocycles. The number of benzene rings is 2. The SMILES string of the molecule is C/C=C(\C=C(\C)N)N(c1cc2ccccc2o1)c1cc2ccccc2o1. The number of fused-ring (bicyclic) bond motifs is 2. The van der Waals surface area contributed by atoms with Crippen molar-refractivity contribution < 1.29 is 8.83 Å². The van der Waals surface area contributed by atoms with Crippen LogP contribution in [0.1, 0.15) is 13.8 Å². The van der Waals surface area contributed by atoms with Gasteiger partial charge >= 0.3 is 0 Å². The summed E-state index contributed by atoms with van der Waals surface area (Å²) < 4.78 is 12.2. The summed E-state index contributed by atoms with van der Waals surface area (Å²) in [5.41, 5.74) is 9.18. The van der Waals surface area contributed by atoms with Gasteiger partial charge in [0.25, 0.3) is 0 Å². The molecule has 0 spiro atoms. The van der Waals surface area contributed by atoms with Gasteiger partial charge in [0.15, 0.2) is 0 Å². The summed E-state index contributed by atoms with van der Waals surface area (Å²) in [6.07, 6.45) is 3.89. The highest BCUT2D eigenvalue weighted by Crippen LogP contribution is 2.37. The molecule has 4 aromatic rings. The van der Waals surface area contributed by atoms with Crippen molar-refractivity contribution in [1.29, 1.82) is 0 Å². The highest BCUT2D eigenvalue weighted by atomic mass is 16.4. The van der Waals surface area contributed by atoms with Crippen molar-refractivity contribution in [1.82, 2.24) is 0 Å². The lowest BCUT2D eigenvalue weighted by molar-refractivity contribution is 0.577. The molecular formula is C22H20N2O2. The van der Waals surface area contributed by atoms with Crippen LogP contribution in [-0.2, 0) is 0 Å². The number of furan rings is 2. The van der Waals surface area contributed by atoms with Gasteiger partial charge in [-0.25, -0.2) is 0 Å². The van der Waals surface area contributed by atoms with Crippen LogP contribution in [0.2, 0.25) is 0 Å². The first kappa shape index (κ1) is 16.1. The Balaban J connectivity index is 1.92. The van der Waals surface area contributed by atoms with Crippen LogP contribution in [0.3, 0.4) is 0 Å². The van der Waals surface area contributed by atoms with Gasteiger partial charge in [-0.05, 0) is 32.1 Å². The van der Waals surface area contributed by atoms with Crippen LogP contribution in [0.5, 0.6) is 0 Å². The van der Waals surface area contributed by atoms with Gasteiger partial charge in [0.2, 0.25) is 11.8 Å². The summed E-state index contributed by atoms with van der Waals surface area (Å²) >= 11 is 0. The summed E-state index contributed by atoms with van der Waals surface area (Å²) in [7, 11) is 0. The molecule has 0 aliphatic heterocycles. The standard InChI is InChI=1S/C22H20N2O2/c1-3-18(12-15(2)23)24(21-13-16-8-4-6-10-19(16)25-21)22-14-17-9-5-7-11-20(17)26-22/h3-14H,23H2,1-2H3/b15-12-,18-3+. The first-order chi connectivity index (χ1) is 12.7. The molecule has 2 N–H and O–H groups in total. The Morgan fingerprint density at radius 3 is 1.81 bits per heavy atom. The molecule has 0 saturated heterocycles. The van der Waals surface area contributed by atoms with E-state index >= 15 is 0 Å². The van der Waals surface area contributed by atoms with Crippen LogP contribution in [0.15, 0.2) is 93.0 Å². The fourth-order valence-corrected chi connectivity index (χ4v) is 3.03. The summed E-state index contributed by atoms with van der Waals surface area (Å²) in [5.74, 6) is 1.35. The molecule has 26 heavy (non-hydrogen) atoms. The zero-order valence-corrected chi connectivity index (χ0v) is 14.8. The van der Waals surface area contributed by atoms with Crippen LogP contribution < -0.4 is 10.6 Å². The number of allylic oxidation sites excluding steroid dienone is 3. The number of nitrogens with zero attached hydrogens (tertiary/aromatic N) is 1. The third kappa shape index (κ3) is 2.86. The van der Waals surface area contributed by atoms with Crippen molar-refractivity contribution in [3.8, 4) is 0 Å². The Labute approximate surface area is 151 Å². The molecule has 4 heteroatoms. The van der Waals surface area contributed by atoms with Crippen molar-refractivity contribution in [3.05, 3.63) is 84.2 Å². The number of nitrogens with two attached hydrogens (primary N) is 1. The van der Waals surface area contributed by atoms with E-state index in [9.17, 15) is 0 Å². The molecule has 4 nitrogen and oxygen atoms in total. The lowest BCUT2D eigenvalue weighted by atomic mass is 10.2. The van der Waals surface area contributed by atoms with Gasteiger partial charge in [0, 0.05) is 34.3 Å². The van der Waals surface area contributed by atoms with E-state index in [1.165, 1.54) is 0 Å².